The molecular weight excluding hydrogens is 200 g/mol. The van der Waals surface area contributed by atoms with Crippen LogP contribution in [0.1, 0.15) is 12.5 Å². The molecule has 0 spiro atoms. The van der Waals surface area contributed by atoms with Gasteiger partial charge < -0.3 is 0 Å². The predicted octanol–water partition coefficient (Wildman–Crippen LogP) is 2.22. The molecular formula is C12H12N4. The summed E-state index contributed by atoms with van der Waals surface area (Å²) < 4.78 is 1.56. The fraction of sp³-hybridized carbons (Fsp3) is 0.0833. The van der Waals surface area contributed by atoms with E-state index in [4.69, 9.17) is 0 Å². The van der Waals surface area contributed by atoms with Gasteiger partial charge in [-0.25, -0.2) is 4.68 Å². The average molecular weight is 212 g/mol. The van der Waals surface area contributed by atoms with E-state index >= 15 is 0 Å². The first-order chi connectivity index (χ1) is 7.84. The Morgan fingerprint density at radius 1 is 1.19 bits per heavy atom. The molecule has 0 saturated carbocycles. The number of aromatic nitrogens is 3. The fourth-order valence-electron chi connectivity index (χ4n) is 1.26. The summed E-state index contributed by atoms with van der Waals surface area (Å²) in [4.78, 5) is 0. The van der Waals surface area contributed by atoms with Crippen molar-refractivity contribution in [1.29, 1.82) is 0 Å². The van der Waals surface area contributed by atoms with Gasteiger partial charge in [-0.05, 0) is 18.1 Å². The first kappa shape index (κ1) is 10.3. The number of hydrogen-bond acceptors (Lipinski definition) is 3. The molecule has 0 atom stereocenters. The highest BCUT2D eigenvalue weighted by molar-refractivity contribution is 5.84. The lowest BCUT2D eigenvalue weighted by atomic mass is 10.1. The maximum absolute atomic E-state index is 4.16. The Kier molecular flexibility index (Phi) is 3.23. The monoisotopic (exact) mass is 212 g/mol. The van der Waals surface area contributed by atoms with Crippen molar-refractivity contribution in [3.05, 3.63) is 54.1 Å². The predicted molar refractivity (Wildman–Crippen MR) is 64.0 cm³/mol. The number of hydrogen-bond donors (Lipinski definition) is 0. The molecule has 0 unspecified atom stereocenters. The molecule has 1 heterocycles. The van der Waals surface area contributed by atoms with Crippen molar-refractivity contribution in [2.45, 2.75) is 6.92 Å². The molecule has 1 aromatic carbocycles. The quantitative estimate of drug-likeness (QED) is 0.732. The summed E-state index contributed by atoms with van der Waals surface area (Å²) in [5.41, 5.74) is 2.23. The smallest absolute Gasteiger partial charge is 0.141 e. The number of benzene rings is 1. The molecule has 2 rings (SSSR count). The topological polar surface area (TPSA) is 43.1 Å². The molecule has 0 aliphatic carbocycles. The van der Waals surface area contributed by atoms with Crippen LogP contribution in [0.3, 0.4) is 0 Å². The van der Waals surface area contributed by atoms with E-state index in [9.17, 15) is 0 Å². The third-order valence-corrected chi connectivity index (χ3v) is 2.00. The van der Waals surface area contributed by atoms with E-state index in [1.165, 1.54) is 0 Å². The number of rotatable bonds is 3. The van der Waals surface area contributed by atoms with Crippen molar-refractivity contribution in [2.24, 2.45) is 5.10 Å². The van der Waals surface area contributed by atoms with Crippen LogP contribution >= 0.6 is 0 Å². The van der Waals surface area contributed by atoms with Gasteiger partial charge in [0.2, 0.25) is 0 Å². The van der Waals surface area contributed by atoms with Crippen molar-refractivity contribution in [1.82, 2.24) is 14.9 Å². The van der Waals surface area contributed by atoms with Gasteiger partial charge in [0.25, 0.3) is 0 Å². The first-order valence-electron chi connectivity index (χ1n) is 4.97. The molecule has 16 heavy (non-hydrogen) atoms. The Bertz CT molecular complexity index is 483. The molecule has 0 bridgehead atoms. The molecule has 0 fully saturated rings. The highest BCUT2D eigenvalue weighted by Crippen LogP contribution is 2.04. The molecule has 0 N–H and O–H groups in total. The van der Waals surface area contributed by atoms with E-state index in [2.05, 4.69) is 33.5 Å². The molecule has 4 nitrogen and oxygen atoms in total. The summed E-state index contributed by atoms with van der Waals surface area (Å²) in [7, 11) is 0. The van der Waals surface area contributed by atoms with Crippen LogP contribution in [-0.2, 0) is 0 Å². The van der Waals surface area contributed by atoms with Crippen LogP contribution in [0.15, 0.2) is 53.7 Å². The summed E-state index contributed by atoms with van der Waals surface area (Å²) in [6, 6.07) is 10.1. The van der Waals surface area contributed by atoms with Crippen LogP contribution in [0.4, 0.5) is 0 Å². The summed E-state index contributed by atoms with van der Waals surface area (Å²) in [5.74, 6) is 0. The minimum atomic E-state index is 1.07. The van der Waals surface area contributed by atoms with Gasteiger partial charge in [0.05, 0.1) is 6.21 Å². The molecule has 80 valence electrons. The zero-order valence-corrected chi connectivity index (χ0v) is 8.99. The molecule has 0 saturated heterocycles. The lowest BCUT2D eigenvalue weighted by molar-refractivity contribution is 0.878. The van der Waals surface area contributed by atoms with E-state index in [0.29, 0.717) is 0 Å². The Hall–Kier alpha value is -2.23. The van der Waals surface area contributed by atoms with Crippen LogP contribution in [0.25, 0.3) is 6.08 Å². The van der Waals surface area contributed by atoms with Crippen molar-refractivity contribution >= 4 is 12.3 Å². The van der Waals surface area contributed by atoms with Crippen LogP contribution in [0, 0.1) is 0 Å². The Balaban J connectivity index is 2.09. The minimum Gasteiger partial charge on any atom is -0.208 e. The second-order valence-corrected chi connectivity index (χ2v) is 3.39. The lowest BCUT2D eigenvalue weighted by Crippen LogP contribution is -1.86. The van der Waals surface area contributed by atoms with Crippen molar-refractivity contribution < 1.29 is 0 Å². The Morgan fingerprint density at radius 2 is 1.88 bits per heavy atom. The Labute approximate surface area is 94.0 Å². The largest absolute Gasteiger partial charge is 0.208 e. The van der Waals surface area contributed by atoms with Crippen LogP contribution in [-0.4, -0.2) is 21.1 Å². The zero-order valence-electron chi connectivity index (χ0n) is 8.99. The van der Waals surface area contributed by atoms with Gasteiger partial charge in [-0.15, -0.1) is 10.2 Å². The average Bonchev–Trinajstić information content (AvgIpc) is 2.81. The van der Waals surface area contributed by atoms with Gasteiger partial charge in [-0.1, -0.05) is 36.4 Å². The standard InChI is InChI=1S/C12H12N4/c1-11(7-12-5-3-2-4-6-12)8-15-16-9-13-14-10-16/h2-10H,1H3/b11-7+,15-8?. The van der Waals surface area contributed by atoms with Crippen molar-refractivity contribution in [2.75, 3.05) is 0 Å². The maximum Gasteiger partial charge on any atom is 0.141 e. The fourth-order valence-corrected chi connectivity index (χ4v) is 1.26. The molecule has 1 aromatic heterocycles. The minimum absolute atomic E-state index is 1.07. The van der Waals surface area contributed by atoms with E-state index in [1.54, 1.807) is 23.5 Å². The molecule has 0 aliphatic heterocycles. The van der Waals surface area contributed by atoms with Gasteiger partial charge in [-0.2, -0.15) is 5.10 Å². The summed E-state index contributed by atoms with van der Waals surface area (Å²) in [5, 5.41) is 11.5. The van der Waals surface area contributed by atoms with E-state index < -0.39 is 0 Å². The second-order valence-electron chi connectivity index (χ2n) is 3.39. The SMILES string of the molecule is C/C(C=Nn1cnnc1)=C\c1ccccc1. The molecule has 0 aliphatic rings. The molecule has 2 aromatic rings. The van der Waals surface area contributed by atoms with Crippen LogP contribution in [0.2, 0.25) is 0 Å². The van der Waals surface area contributed by atoms with Gasteiger partial charge in [0.1, 0.15) is 12.7 Å². The van der Waals surface area contributed by atoms with E-state index in [1.807, 2.05) is 25.1 Å². The van der Waals surface area contributed by atoms with Crippen molar-refractivity contribution in [3.63, 3.8) is 0 Å². The van der Waals surface area contributed by atoms with Crippen molar-refractivity contribution in [3.8, 4) is 0 Å². The maximum atomic E-state index is 4.16. The van der Waals surface area contributed by atoms with Gasteiger partial charge in [0, 0.05) is 0 Å². The normalized spacial score (nSPS) is 12.2. The molecule has 4 heteroatoms. The lowest BCUT2D eigenvalue weighted by Gasteiger charge is -1.94. The first-order valence-corrected chi connectivity index (χ1v) is 4.97. The number of nitrogens with zero attached hydrogens (tertiary/aromatic N) is 4. The highest BCUT2D eigenvalue weighted by Gasteiger charge is 1.88. The van der Waals surface area contributed by atoms with Crippen LogP contribution < -0.4 is 0 Å². The van der Waals surface area contributed by atoms with Gasteiger partial charge in [0.15, 0.2) is 0 Å². The summed E-state index contributed by atoms with van der Waals surface area (Å²) in [6.07, 6.45) is 6.93. The summed E-state index contributed by atoms with van der Waals surface area (Å²) in [6.45, 7) is 2.00. The van der Waals surface area contributed by atoms with Gasteiger partial charge >= 0.3 is 0 Å². The van der Waals surface area contributed by atoms with Crippen LogP contribution in [0.5, 0.6) is 0 Å². The zero-order chi connectivity index (χ0) is 11.2. The molecule has 0 radical (unpaired) electrons. The third kappa shape index (κ3) is 2.88. The van der Waals surface area contributed by atoms with Gasteiger partial charge in [-0.3, -0.25) is 0 Å². The third-order valence-electron chi connectivity index (χ3n) is 2.00. The molecule has 0 amide bonds. The van der Waals surface area contributed by atoms with E-state index in [0.717, 1.165) is 11.1 Å². The second kappa shape index (κ2) is 5.02. The van der Waals surface area contributed by atoms with E-state index in [-0.39, 0.29) is 0 Å². The summed E-state index contributed by atoms with van der Waals surface area (Å²) >= 11 is 0. The Morgan fingerprint density at radius 3 is 2.56 bits per heavy atom. The highest BCUT2D eigenvalue weighted by atomic mass is 15.4. The number of allylic oxidation sites excluding steroid dienone is 1.